The van der Waals surface area contributed by atoms with E-state index in [0.717, 1.165) is 0 Å². The maximum absolute atomic E-state index is 13.0. The summed E-state index contributed by atoms with van der Waals surface area (Å²) in [5.74, 6) is -0.0105. The van der Waals surface area contributed by atoms with E-state index in [9.17, 15) is 9.59 Å². The van der Waals surface area contributed by atoms with E-state index >= 15 is 0 Å². The van der Waals surface area contributed by atoms with Gasteiger partial charge < -0.3 is 37.9 Å². The van der Waals surface area contributed by atoms with Gasteiger partial charge in [0.1, 0.15) is 0 Å². The number of hydrogen-bond donors (Lipinski definition) is 0. The summed E-state index contributed by atoms with van der Waals surface area (Å²) in [6, 6.07) is 2.92. The molecule has 0 atom stereocenters. The zero-order chi connectivity index (χ0) is 24.1. The summed E-state index contributed by atoms with van der Waals surface area (Å²) in [6.07, 6.45) is 0. The van der Waals surface area contributed by atoms with E-state index in [1.165, 1.54) is 40.6 Å². The number of carbonyl (C=O) groups excluding carboxylic acids is 2. The van der Waals surface area contributed by atoms with E-state index < -0.39 is 11.9 Å². The lowest BCUT2D eigenvalue weighted by Crippen LogP contribution is -2.13. The molecule has 1 heterocycles. The van der Waals surface area contributed by atoms with Crippen LogP contribution in [0.2, 0.25) is 0 Å². The first kappa shape index (κ1) is 23.8. The number of fused-ring (bicyclic) bond motifs is 1. The largest absolute Gasteiger partial charge is 0.493 e. The van der Waals surface area contributed by atoms with Crippen LogP contribution in [0.4, 0.5) is 0 Å². The molecule has 0 N–H and O–H groups in total. The molecule has 0 unspecified atom stereocenters. The Morgan fingerprint density at radius 1 is 0.727 bits per heavy atom. The maximum atomic E-state index is 13.0. The second-order valence-electron chi connectivity index (χ2n) is 6.57. The summed E-state index contributed by atoms with van der Waals surface area (Å²) in [5, 5.41) is 0. The van der Waals surface area contributed by atoms with Gasteiger partial charge in [-0.05, 0) is 26.0 Å². The summed E-state index contributed by atoms with van der Waals surface area (Å²) in [5.41, 5.74) is 0.553. The normalized spacial score (nSPS) is 11.6. The third kappa shape index (κ3) is 4.15. The lowest BCUT2D eigenvalue weighted by molar-refractivity contribution is 0.0514. The highest BCUT2D eigenvalue weighted by Gasteiger charge is 2.36. The molecule has 2 aromatic rings. The number of methoxy groups -OCH3 is 4. The molecule has 0 fully saturated rings. The number of benzene rings is 2. The van der Waals surface area contributed by atoms with Crippen molar-refractivity contribution in [2.75, 3.05) is 48.4 Å². The molecule has 0 amide bonds. The monoisotopic (exact) mass is 462 g/mol. The molecule has 10 nitrogen and oxygen atoms in total. The first-order chi connectivity index (χ1) is 16.0. The Labute approximate surface area is 191 Å². The number of carbonyl (C=O) groups is 2. The van der Waals surface area contributed by atoms with Crippen LogP contribution < -0.4 is 28.4 Å². The van der Waals surface area contributed by atoms with E-state index in [1.54, 1.807) is 13.8 Å². The fourth-order valence-corrected chi connectivity index (χ4v) is 3.58. The van der Waals surface area contributed by atoms with Crippen LogP contribution >= 0.6 is 0 Å². The summed E-state index contributed by atoms with van der Waals surface area (Å²) >= 11 is 0. The Hall–Kier alpha value is -3.82. The average Bonchev–Trinajstić information content (AvgIpc) is 3.31. The number of ether oxygens (including phenoxy) is 8. The van der Waals surface area contributed by atoms with Crippen LogP contribution in [0, 0.1) is 0 Å². The number of rotatable bonds is 9. The molecule has 0 saturated carbocycles. The lowest BCUT2D eigenvalue weighted by Gasteiger charge is -2.22. The van der Waals surface area contributed by atoms with Gasteiger partial charge in [-0.15, -0.1) is 0 Å². The molecule has 0 radical (unpaired) electrons. The fourth-order valence-electron chi connectivity index (χ4n) is 3.58. The van der Waals surface area contributed by atoms with Crippen molar-refractivity contribution < 1.29 is 47.5 Å². The van der Waals surface area contributed by atoms with Crippen molar-refractivity contribution in [3.8, 4) is 45.6 Å². The molecule has 10 heteroatoms. The van der Waals surface area contributed by atoms with E-state index in [4.69, 9.17) is 37.9 Å². The highest BCUT2D eigenvalue weighted by atomic mass is 16.7. The van der Waals surface area contributed by atoms with Crippen LogP contribution in [0.25, 0.3) is 11.1 Å². The van der Waals surface area contributed by atoms with Gasteiger partial charge in [0.2, 0.25) is 18.3 Å². The van der Waals surface area contributed by atoms with Crippen molar-refractivity contribution in [3.63, 3.8) is 0 Å². The van der Waals surface area contributed by atoms with Crippen LogP contribution in [-0.4, -0.2) is 60.4 Å². The van der Waals surface area contributed by atoms with Crippen molar-refractivity contribution in [2.45, 2.75) is 13.8 Å². The third-order valence-corrected chi connectivity index (χ3v) is 4.90. The van der Waals surface area contributed by atoms with Crippen molar-refractivity contribution in [3.05, 3.63) is 23.3 Å². The zero-order valence-corrected chi connectivity index (χ0v) is 19.4. The summed E-state index contributed by atoms with van der Waals surface area (Å²) in [6.45, 7) is 3.50. The second kappa shape index (κ2) is 10.2. The molecule has 1 aliphatic heterocycles. The van der Waals surface area contributed by atoms with Crippen LogP contribution in [0.3, 0.4) is 0 Å². The van der Waals surface area contributed by atoms with Crippen molar-refractivity contribution in [2.24, 2.45) is 0 Å². The van der Waals surface area contributed by atoms with Crippen LogP contribution in [0.1, 0.15) is 34.6 Å². The molecule has 2 aromatic carbocycles. The topological polar surface area (TPSA) is 108 Å². The van der Waals surface area contributed by atoms with Gasteiger partial charge in [-0.25, -0.2) is 9.59 Å². The minimum Gasteiger partial charge on any atom is -0.493 e. The van der Waals surface area contributed by atoms with E-state index in [1.807, 2.05) is 0 Å². The van der Waals surface area contributed by atoms with Crippen LogP contribution in [0.5, 0.6) is 34.5 Å². The standard InChI is InChI=1S/C23H26O10/c1-7-30-22(24)12-9-14(26-3)18(28-5)20(29-6)16(12)17-13(23(25)31-8-2)10-15(27-4)19-21(17)33-11-32-19/h9-10H,7-8,11H2,1-6H3. The molecule has 3 rings (SSSR count). The van der Waals surface area contributed by atoms with E-state index in [2.05, 4.69) is 0 Å². The molecule has 1 aliphatic rings. The van der Waals surface area contributed by atoms with Gasteiger partial charge in [0.05, 0.1) is 52.8 Å². The van der Waals surface area contributed by atoms with E-state index in [0.29, 0.717) is 0 Å². The van der Waals surface area contributed by atoms with Gasteiger partial charge in [0.15, 0.2) is 23.0 Å². The fraction of sp³-hybridized carbons (Fsp3) is 0.391. The molecular formula is C23H26O10. The highest BCUT2D eigenvalue weighted by Crippen LogP contribution is 2.55. The van der Waals surface area contributed by atoms with Gasteiger partial charge in [0.25, 0.3) is 0 Å². The Morgan fingerprint density at radius 3 is 1.76 bits per heavy atom. The van der Waals surface area contributed by atoms with Crippen molar-refractivity contribution in [1.82, 2.24) is 0 Å². The minimum atomic E-state index is -0.662. The minimum absolute atomic E-state index is 0.0692. The SMILES string of the molecule is CCOC(=O)c1cc(OC)c(OC)c(OC)c1-c1c(C(=O)OCC)cc(OC)c2c1OCO2. The lowest BCUT2D eigenvalue weighted by atomic mass is 9.91. The number of hydrogen-bond acceptors (Lipinski definition) is 10. The Kier molecular flexibility index (Phi) is 7.37. The number of esters is 2. The summed E-state index contributed by atoms with van der Waals surface area (Å²) in [4.78, 5) is 26.0. The van der Waals surface area contributed by atoms with Gasteiger partial charge in [-0.3, -0.25) is 0 Å². The predicted octanol–water partition coefficient (Wildman–Crippen LogP) is 3.47. The predicted molar refractivity (Wildman–Crippen MR) is 116 cm³/mol. The summed E-state index contributed by atoms with van der Waals surface area (Å²) in [7, 11) is 5.70. The van der Waals surface area contributed by atoms with Crippen molar-refractivity contribution in [1.29, 1.82) is 0 Å². The molecule has 0 bridgehead atoms. The average molecular weight is 462 g/mol. The molecule has 0 aliphatic carbocycles. The third-order valence-electron chi connectivity index (χ3n) is 4.90. The molecule has 0 spiro atoms. The highest BCUT2D eigenvalue weighted by molar-refractivity contribution is 6.08. The van der Waals surface area contributed by atoms with Gasteiger partial charge >= 0.3 is 11.9 Å². The quantitative estimate of drug-likeness (QED) is 0.514. The molecule has 178 valence electrons. The van der Waals surface area contributed by atoms with Crippen LogP contribution in [0.15, 0.2) is 12.1 Å². The van der Waals surface area contributed by atoms with Crippen LogP contribution in [-0.2, 0) is 9.47 Å². The van der Waals surface area contributed by atoms with Crippen molar-refractivity contribution >= 4 is 11.9 Å². The van der Waals surface area contributed by atoms with Gasteiger partial charge in [-0.1, -0.05) is 0 Å². The summed E-state index contributed by atoms with van der Waals surface area (Å²) < 4.78 is 43.8. The Balaban J connectivity index is 2.51. The molecular weight excluding hydrogens is 436 g/mol. The molecule has 33 heavy (non-hydrogen) atoms. The van der Waals surface area contributed by atoms with Gasteiger partial charge in [-0.2, -0.15) is 0 Å². The Morgan fingerprint density at radius 2 is 1.24 bits per heavy atom. The maximum Gasteiger partial charge on any atom is 0.339 e. The second-order valence-corrected chi connectivity index (χ2v) is 6.57. The molecule has 0 aromatic heterocycles. The van der Waals surface area contributed by atoms with E-state index in [-0.39, 0.29) is 76.8 Å². The first-order valence-electron chi connectivity index (χ1n) is 10.1. The van der Waals surface area contributed by atoms with Gasteiger partial charge in [0, 0.05) is 11.1 Å². The Bertz CT molecular complexity index is 1060. The zero-order valence-electron chi connectivity index (χ0n) is 19.4. The molecule has 0 saturated heterocycles. The smallest absolute Gasteiger partial charge is 0.339 e. The first-order valence-corrected chi connectivity index (χ1v) is 10.1.